The highest BCUT2D eigenvalue weighted by Gasteiger charge is 2.15. The molecule has 0 aliphatic carbocycles. The van der Waals surface area contributed by atoms with Crippen LogP contribution in [0.4, 0.5) is 0 Å². The van der Waals surface area contributed by atoms with Gasteiger partial charge in [0.15, 0.2) is 0 Å². The summed E-state index contributed by atoms with van der Waals surface area (Å²) in [5.41, 5.74) is 3.37. The average molecular weight is 329 g/mol. The molecular weight excluding hydrogens is 304 g/mol. The van der Waals surface area contributed by atoms with Crippen molar-refractivity contribution in [3.63, 3.8) is 0 Å². The predicted molar refractivity (Wildman–Crippen MR) is 84.2 cm³/mol. The number of methoxy groups -OCH3 is 1. The van der Waals surface area contributed by atoms with Gasteiger partial charge in [0.25, 0.3) is 0 Å². The smallest absolute Gasteiger partial charge is 0.128 e. The molecule has 0 bridgehead atoms. The zero-order valence-corrected chi connectivity index (χ0v) is 14.2. The molecule has 1 rings (SSSR count). The van der Waals surface area contributed by atoms with E-state index in [4.69, 9.17) is 4.74 Å². The number of ether oxygens (including phenoxy) is 1. The fourth-order valence-electron chi connectivity index (χ4n) is 2.21. The lowest BCUT2D eigenvalue weighted by Crippen LogP contribution is -2.32. The van der Waals surface area contributed by atoms with Crippen molar-refractivity contribution < 1.29 is 4.74 Å². The summed E-state index contributed by atoms with van der Waals surface area (Å²) in [4.78, 5) is 7.03. The standard InChI is InChI=1S/C15H25BrN2O/c1-11(2)18(8-6-7-16)10-14-13(4)15(19-5)12(3)9-17-14/h9,11H,6-8,10H2,1-5H3. The van der Waals surface area contributed by atoms with Gasteiger partial charge in [0, 0.05) is 35.2 Å². The Kier molecular flexibility index (Phi) is 6.80. The van der Waals surface area contributed by atoms with Crippen molar-refractivity contribution in [1.29, 1.82) is 0 Å². The average Bonchev–Trinajstić information content (AvgIpc) is 2.37. The van der Waals surface area contributed by atoms with Crippen LogP contribution >= 0.6 is 15.9 Å². The van der Waals surface area contributed by atoms with E-state index in [1.54, 1.807) is 7.11 Å². The molecule has 0 aliphatic heterocycles. The third-order valence-electron chi connectivity index (χ3n) is 3.41. The van der Waals surface area contributed by atoms with Gasteiger partial charge in [-0.25, -0.2) is 0 Å². The molecule has 0 radical (unpaired) electrons. The maximum atomic E-state index is 5.47. The Hall–Kier alpha value is -0.610. The van der Waals surface area contributed by atoms with Crippen LogP contribution < -0.4 is 4.74 Å². The molecule has 1 heterocycles. The van der Waals surface area contributed by atoms with Gasteiger partial charge in [-0.3, -0.25) is 9.88 Å². The molecule has 19 heavy (non-hydrogen) atoms. The summed E-state index contributed by atoms with van der Waals surface area (Å²) in [5, 5.41) is 1.04. The van der Waals surface area contributed by atoms with Crippen LogP contribution in [0.15, 0.2) is 6.20 Å². The van der Waals surface area contributed by atoms with Crippen LogP contribution in [-0.4, -0.2) is 34.9 Å². The summed E-state index contributed by atoms with van der Waals surface area (Å²) in [6, 6.07) is 0.521. The van der Waals surface area contributed by atoms with Crippen LogP contribution in [0.3, 0.4) is 0 Å². The Morgan fingerprint density at radius 1 is 1.37 bits per heavy atom. The molecule has 3 nitrogen and oxygen atoms in total. The van der Waals surface area contributed by atoms with E-state index >= 15 is 0 Å². The highest BCUT2D eigenvalue weighted by atomic mass is 79.9. The van der Waals surface area contributed by atoms with Gasteiger partial charge in [-0.1, -0.05) is 15.9 Å². The minimum absolute atomic E-state index is 0.521. The lowest BCUT2D eigenvalue weighted by Gasteiger charge is -2.27. The molecule has 0 spiro atoms. The number of hydrogen-bond donors (Lipinski definition) is 0. The molecule has 0 aromatic carbocycles. The van der Waals surface area contributed by atoms with Crippen molar-refractivity contribution in [2.24, 2.45) is 0 Å². The van der Waals surface area contributed by atoms with Crippen molar-refractivity contribution in [1.82, 2.24) is 9.88 Å². The molecule has 1 aromatic rings. The summed E-state index contributed by atoms with van der Waals surface area (Å²) in [7, 11) is 1.73. The molecule has 108 valence electrons. The zero-order valence-electron chi connectivity index (χ0n) is 12.7. The van der Waals surface area contributed by atoms with Crippen LogP contribution in [0.25, 0.3) is 0 Å². The third-order valence-corrected chi connectivity index (χ3v) is 3.97. The van der Waals surface area contributed by atoms with E-state index in [0.717, 1.165) is 47.4 Å². The fourth-order valence-corrected chi connectivity index (χ4v) is 2.46. The van der Waals surface area contributed by atoms with Crippen molar-refractivity contribution in [2.75, 3.05) is 19.0 Å². The van der Waals surface area contributed by atoms with Crippen molar-refractivity contribution in [3.05, 3.63) is 23.0 Å². The van der Waals surface area contributed by atoms with E-state index in [0.29, 0.717) is 6.04 Å². The molecule has 0 unspecified atom stereocenters. The monoisotopic (exact) mass is 328 g/mol. The molecule has 1 aromatic heterocycles. The van der Waals surface area contributed by atoms with Crippen molar-refractivity contribution in [2.45, 2.75) is 46.7 Å². The molecule has 0 atom stereocenters. The lowest BCUT2D eigenvalue weighted by molar-refractivity contribution is 0.211. The molecule has 0 fully saturated rings. The van der Waals surface area contributed by atoms with E-state index in [-0.39, 0.29) is 0 Å². The minimum atomic E-state index is 0.521. The third kappa shape index (κ3) is 4.46. The van der Waals surface area contributed by atoms with Crippen LogP contribution in [-0.2, 0) is 6.54 Å². The maximum absolute atomic E-state index is 5.47. The summed E-state index contributed by atoms with van der Waals surface area (Å²) in [5.74, 6) is 0.967. The Bertz CT molecular complexity index is 407. The van der Waals surface area contributed by atoms with E-state index in [1.165, 1.54) is 0 Å². The van der Waals surface area contributed by atoms with Gasteiger partial charge >= 0.3 is 0 Å². The van der Waals surface area contributed by atoms with E-state index in [9.17, 15) is 0 Å². The Morgan fingerprint density at radius 3 is 2.58 bits per heavy atom. The van der Waals surface area contributed by atoms with Gasteiger partial charge in [0.2, 0.25) is 0 Å². The Morgan fingerprint density at radius 2 is 2.05 bits per heavy atom. The number of alkyl halides is 1. The van der Waals surface area contributed by atoms with Crippen LogP contribution in [0.1, 0.15) is 37.1 Å². The number of rotatable bonds is 7. The second-order valence-corrected chi connectivity index (χ2v) is 5.95. The minimum Gasteiger partial charge on any atom is -0.496 e. The fraction of sp³-hybridized carbons (Fsp3) is 0.667. The number of nitrogens with zero attached hydrogens (tertiary/aromatic N) is 2. The summed E-state index contributed by atoms with van der Waals surface area (Å²) in [6.07, 6.45) is 3.06. The summed E-state index contributed by atoms with van der Waals surface area (Å²) in [6.45, 7) is 10.6. The van der Waals surface area contributed by atoms with Crippen LogP contribution in [0.2, 0.25) is 0 Å². The normalized spacial score (nSPS) is 11.4. The van der Waals surface area contributed by atoms with E-state index in [2.05, 4.69) is 46.6 Å². The zero-order chi connectivity index (χ0) is 14.4. The number of aryl methyl sites for hydroxylation is 1. The van der Waals surface area contributed by atoms with Gasteiger partial charge in [-0.2, -0.15) is 0 Å². The first-order chi connectivity index (χ1) is 9.01. The second-order valence-electron chi connectivity index (χ2n) is 5.15. The lowest BCUT2D eigenvalue weighted by atomic mass is 10.1. The first kappa shape index (κ1) is 16.4. The Labute approximate surface area is 125 Å². The summed E-state index contributed by atoms with van der Waals surface area (Å²) >= 11 is 3.50. The van der Waals surface area contributed by atoms with Gasteiger partial charge in [0.05, 0.1) is 12.8 Å². The first-order valence-corrected chi connectivity index (χ1v) is 7.92. The van der Waals surface area contributed by atoms with Crippen LogP contribution in [0, 0.1) is 13.8 Å². The predicted octanol–water partition coefficient (Wildman–Crippen LogP) is 3.70. The van der Waals surface area contributed by atoms with Gasteiger partial charge in [-0.05, 0) is 40.7 Å². The molecular formula is C15H25BrN2O. The molecule has 0 saturated carbocycles. The van der Waals surface area contributed by atoms with Gasteiger partial charge in [0.1, 0.15) is 5.75 Å². The second kappa shape index (κ2) is 7.85. The number of halogens is 1. The maximum Gasteiger partial charge on any atom is 0.128 e. The molecule has 0 aliphatic rings. The molecule has 0 N–H and O–H groups in total. The largest absolute Gasteiger partial charge is 0.496 e. The number of pyridine rings is 1. The van der Waals surface area contributed by atoms with Crippen molar-refractivity contribution in [3.8, 4) is 5.75 Å². The highest BCUT2D eigenvalue weighted by Crippen LogP contribution is 2.25. The first-order valence-electron chi connectivity index (χ1n) is 6.80. The van der Waals surface area contributed by atoms with E-state index in [1.807, 2.05) is 13.1 Å². The molecule has 4 heteroatoms. The van der Waals surface area contributed by atoms with Gasteiger partial charge in [-0.15, -0.1) is 0 Å². The van der Waals surface area contributed by atoms with E-state index < -0.39 is 0 Å². The summed E-state index contributed by atoms with van der Waals surface area (Å²) < 4.78 is 5.47. The van der Waals surface area contributed by atoms with Crippen molar-refractivity contribution >= 4 is 15.9 Å². The number of aromatic nitrogens is 1. The highest BCUT2D eigenvalue weighted by molar-refractivity contribution is 9.09. The number of hydrogen-bond acceptors (Lipinski definition) is 3. The molecule has 0 amide bonds. The SMILES string of the molecule is COc1c(C)cnc(CN(CCCBr)C(C)C)c1C. The quantitative estimate of drug-likeness (QED) is 0.713. The topological polar surface area (TPSA) is 25.4 Å². The van der Waals surface area contributed by atoms with Crippen LogP contribution in [0.5, 0.6) is 5.75 Å². The van der Waals surface area contributed by atoms with Gasteiger partial charge < -0.3 is 4.74 Å². The molecule has 0 saturated heterocycles. The Balaban J connectivity index is 2.90.